The zero-order valence-electron chi connectivity index (χ0n) is 11.6. The van der Waals surface area contributed by atoms with Crippen molar-refractivity contribution >= 4 is 0 Å². The first-order chi connectivity index (χ1) is 8.69. The lowest BCUT2D eigenvalue weighted by Gasteiger charge is -2.15. The molecule has 1 aromatic rings. The first-order valence-corrected chi connectivity index (χ1v) is 6.30. The van der Waals surface area contributed by atoms with Crippen molar-refractivity contribution in [3.8, 4) is 11.5 Å². The summed E-state index contributed by atoms with van der Waals surface area (Å²) in [6, 6.07) is 6.01. The molecule has 0 spiro atoms. The molecule has 18 heavy (non-hydrogen) atoms. The largest absolute Gasteiger partial charge is 0.497 e. The standard InChI is InChI=1S/C14H24N2O2/c1-16(8-6-15)7-4-5-12-9-13(17-2)11-14(10-12)18-3/h9-11H,4-8,15H2,1-3H3. The van der Waals surface area contributed by atoms with Crippen molar-refractivity contribution in [1.29, 1.82) is 0 Å². The first kappa shape index (κ1) is 14.8. The molecule has 0 fully saturated rings. The summed E-state index contributed by atoms with van der Waals surface area (Å²) in [6.07, 6.45) is 2.12. The van der Waals surface area contributed by atoms with Gasteiger partial charge in [-0.15, -0.1) is 0 Å². The molecule has 0 heterocycles. The maximum Gasteiger partial charge on any atom is 0.122 e. The highest BCUT2D eigenvalue weighted by Crippen LogP contribution is 2.23. The van der Waals surface area contributed by atoms with Crippen molar-refractivity contribution in [1.82, 2.24) is 4.90 Å². The molecule has 2 N–H and O–H groups in total. The number of nitrogens with two attached hydrogens (primary N) is 1. The Hall–Kier alpha value is -1.26. The molecule has 0 aliphatic rings. The second-order valence-electron chi connectivity index (χ2n) is 4.42. The Kier molecular flexibility index (Phi) is 6.54. The second kappa shape index (κ2) is 7.95. The van der Waals surface area contributed by atoms with Gasteiger partial charge in [0.15, 0.2) is 0 Å². The van der Waals surface area contributed by atoms with Crippen LogP contribution in [0.4, 0.5) is 0 Å². The fourth-order valence-electron chi connectivity index (χ4n) is 1.90. The summed E-state index contributed by atoms with van der Waals surface area (Å²) in [5.74, 6) is 1.69. The van der Waals surface area contributed by atoms with E-state index < -0.39 is 0 Å². The Morgan fingerprint density at radius 1 is 1.06 bits per heavy atom. The molecular formula is C14H24N2O2. The van der Waals surface area contributed by atoms with Gasteiger partial charge in [0, 0.05) is 19.2 Å². The molecule has 102 valence electrons. The normalized spacial score (nSPS) is 10.7. The van der Waals surface area contributed by atoms with Gasteiger partial charge in [-0.2, -0.15) is 0 Å². The Balaban J connectivity index is 2.50. The zero-order valence-corrected chi connectivity index (χ0v) is 11.6. The molecule has 0 aliphatic carbocycles. The summed E-state index contributed by atoms with van der Waals surface area (Å²) in [7, 11) is 5.44. The Bertz CT molecular complexity index is 333. The number of benzene rings is 1. The monoisotopic (exact) mass is 252 g/mol. The number of hydrogen-bond donors (Lipinski definition) is 1. The highest BCUT2D eigenvalue weighted by molar-refractivity contribution is 5.38. The lowest BCUT2D eigenvalue weighted by atomic mass is 10.1. The predicted octanol–water partition coefficient (Wildman–Crippen LogP) is 1.53. The fourth-order valence-corrected chi connectivity index (χ4v) is 1.90. The van der Waals surface area contributed by atoms with Gasteiger partial charge in [-0.25, -0.2) is 0 Å². The average molecular weight is 252 g/mol. The van der Waals surface area contributed by atoms with Gasteiger partial charge in [-0.1, -0.05) is 0 Å². The molecule has 0 saturated carbocycles. The van der Waals surface area contributed by atoms with Crippen LogP contribution in [0, 0.1) is 0 Å². The zero-order chi connectivity index (χ0) is 13.4. The number of aryl methyl sites for hydroxylation is 1. The smallest absolute Gasteiger partial charge is 0.122 e. The third-order valence-electron chi connectivity index (χ3n) is 2.93. The third-order valence-corrected chi connectivity index (χ3v) is 2.93. The van der Waals surface area contributed by atoms with E-state index in [1.165, 1.54) is 5.56 Å². The summed E-state index contributed by atoms with van der Waals surface area (Å²) >= 11 is 0. The molecule has 0 aliphatic heterocycles. The topological polar surface area (TPSA) is 47.7 Å². The number of nitrogens with zero attached hydrogens (tertiary/aromatic N) is 1. The van der Waals surface area contributed by atoms with Crippen molar-refractivity contribution in [2.75, 3.05) is 40.9 Å². The van der Waals surface area contributed by atoms with Gasteiger partial charge in [0.25, 0.3) is 0 Å². The van der Waals surface area contributed by atoms with Gasteiger partial charge >= 0.3 is 0 Å². The predicted molar refractivity (Wildman–Crippen MR) is 74.4 cm³/mol. The minimum absolute atomic E-state index is 0.712. The summed E-state index contributed by atoms with van der Waals surface area (Å²) in [6.45, 7) is 2.71. The summed E-state index contributed by atoms with van der Waals surface area (Å²) in [5.41, 5.74) is 6.76. The van der Waals surface area contributed by atoms with Gasteiger partial charge in [0.05, 0.1) is 14.2 Å². The lowest BCUT2D eigenvalue weighted by molar-refractivity contribution is 0.338. The van der Waals surface area contributed by atoms with Gasteiger partial charge in [0.1, 0.15) is 11.5 Å². The van der Waals surface area contributed by atoms with Crippen LogP contribution in [0.2, 0.25) is 0 Å². The number of rotatable bonds is 8. The van der Waals surface area contributed by atoms with E-state index in [4.69, 9.17) is 15.2 Å². The summed E-state index contributed by atoms with van der Waals surface area (Å²) in [4.78, 5) is 2.25. The van der Waals surface area contributed by atoms with E-state index in [0.717, 1.165) is 37.4 Å². The minimum atomic E-state index is 0.712. The lowest BCUT2D eigenvalue weighted by Crippen LogP contribution is -2.26. The Morgan fingerprint density at radius 3 is 2.17 bits per heavy atom. The number of hydrogen-bond acceptors (Lipinski definition) is 4. The van der Waals surface area contributed by atoms with Gasteiger partial charge < -0.3 is 20.1 Å². The van der Waals surface area contributed by atoms with Crippen molar-refractivity contribution in [3.05, 3.63) is 23.8 Å². The van der Waals surface area contributed by atoms with Crippen molar-refractivity contribution < 1.29 is 9.47 Å². The molecule has 0 atom stereocenters. The van der Waals surface area contributed by atoms with E-state index in [1.807, 2.05) is 6.07 Å². The van der Waals surface area contributed by atoms with Crippen molar-refractivity contribution in [2.45, 2.75) is 12.8 Å². The Labute approximate surface area is 110 Å². The molecule has 0 unspecified atom stereocenters. The molecule has 0 bridgehead atoms. The summed E-state index contributed by atoms with van der Waals surface area (Å²) in [5, 5.41) is 0. The van der Waals surface area contributed by atoms with Gasteiger partial charge in [-0.3, -0.25) is 0 Å². The maximum atomic E-state index is 5.51. The molecule has 1 rings (SSSR count). The van der Waals surface area contributed by atoms with Crippen molar-refractivity contribution in [3.63, 3.8) is 0 Å². The van der Waals surface area contributed by atoms with Crippen LogP contribution >= 0.6 is 0 Å². The van der Waals surface area contributed by atoms with E-state index >= 15 is 0 Å². The van der Waals surface area contributed by atoms with Gasteiger partial charge in [-0.05, 0) is 44.1 Å². The summed E-state index contributed by atoms with van der Waals surface area (Å²) < 4.78 is 10.5. The highest BCUT2D eigenvalue weighted by Gasteiger charge is 2.03. The van der Waals surface area contributed by atoms with Crippen LogP contribution in [-0.2, 0) is 6.42 Å². The van der Waals surface area contributed by atoms with Crippen LogP contribution in [0.5, 0.6) is 11.5 Å². The number of methoxy groups -OCH3 is 2. The number of ether oxygens (including phenoxy) is 2. The first-order valence-electron chi connectivity index (χ1n) is 6.30. The van der Waals surface area contributed by atoms with Gasteiger partial charge in [0.2, 0.25) is 0 Å². The van der Waals surface area contributed by atoms with Crippen LogP contribution in [0.3, 0.4) is 0 Å². The van der Waals surface area contributed by atoms with Crippen LogP contribution in [0.15, 0.2) is 18.2 Å². The van der Waals surface area contributed by atoms with Crippen LogP contribution in [0.25, 0.3) is 0 Å². The van der Waals surface area contributed by atoms with Crippen LogP contribution in [-0.4, -0.2) is 45.8 Å². The molecule has 0 saturated heterocycles. The molecule has 0 radical (unpaired) electrons. The average Bonchev–Trinajstić information content (AvgIpc) is 2.38. The third kappa shape index (κ3) is 4.94. The quantitative estimate of drug-likeness (QED) is 0.762. The SMILES string of the molecule is COc1cc(CCCN(C)CCN)cc(OC)c1. The molecular weight excluding hydrogens is 228 g/mol. The van der Waals surface area contributed by atoms with E-state index in [-0.39, 0.29) is 0 Å². The molecule has 1 aromatic carbocycles. The molecule has 0 amide bonds. The van der Waals surface area contributed by atoms with E-state index in [0.29, 0.717) is 6.54 Å². The Morgan fingerprint density at radius 2 is 1.67 bits per heavy atom. The number of likely N-dealkylation sites (N-methyl/N-ethyl adjacent to an activating group) is 1. The van der Waals surface area contributed by atoms with Crippen LogP contribution in [0.1, 0.15) is 12.0 Å². The molecule has 0 aromatic heterocycles. The molecule has 4 nitrogen and oxygen atoms in total. The minimum Gasteiger partial charge on any atom is -0.497 e. The fraction of sp³-hybridized carbons (Fsp3) is 0.571. The van der Waals surface area contributed by atoms with E-state index in [1.54, 1.807) is 14.2 Å². The van der Waals surface area contributed by atoms with Crippen LogP contribution < -0.4 is 15.2 Å². The van der Waals surface area contributed by atoms with E-state index in [2.05, 4.69) is 24.1 Å². The van der Waals surface area contributed by atoms with Crippen molar-refractivity contribution in [2.24, 2.45) is 5.73 Å². The van der Waals surface area contributed by atoms with E-state index in [9.17, 15) is 0 Å². The maximum absolute atomic E-state index is 5.51. The second-order valence-corrected chi connectivity index (χ2v) is 4.42. The highest BCUT2D eigenvalue weighted by atomic mass is 16.5. The molecule has 4 heteroatoms.